The summed E-state index contributed by atoms with van der Waals surface area (Å²) in [5.41, 5.74) is 5.99. The number of nitrogens with zero attached hydrogens (tertiary/aromatic N) is 3. The molecule has 1 aromatic carbocycles. The smallest absolute Gasteiger partial charge is 0.221 e. The molecule has 0 spiro atoms. The first-order valence-electron chi connectivity index (χ1n) is 7.94. The number of benzene rings is 1. The minimum absolute atomic E-state index is 0.0775. The molecule has 0 aliphatic carbocycles. The van der Waals surface area contributed by atoms with E-state index in [0.29, 0.717) is 0 Å². The van der Waals surface area contributed by atoms with Gasteiger partial charge in [0.2, 0.25) is 5.91 Å². The Bertz CT molecular complexity index is 896. The average molecular weight is 322 g/mol. The predicted octanol–water partition coefficient (Wildman–Crippen LogP) is 3.33. The minimum Gasteiger partial charge on any atom is -0.326 e. The Morgan fingerprint density at radius 1 is 1.25 bits per heavy atom. The lowest BCUT2D eigenvalue weighted by atomic mass is 10.1. The molecule has 24 heavy (non-hydrogen) atoms. The van der Waals surface area contributed by atoms with E-state index < -0.39 is 0 Å². The monoisotopic (exact) mass is 322 g/mol. The molecule has 5 heteroatoms. The Morgan fingerprint density at radius 3 is 2.75 bits per heavy atom. The van der Waals surface area contributed by atoms with Crippen LogP contribution in [0.25, 0.3) is 16.9 Å². The maximum Gasteiger partial charge on any atom is 0.221 e. The molecule has 0 atom stereocenters. The number of aromatic nitrogens is 2. The molecule has 3 aromatic rings. The quantitative estimate of drug-likeness (QED) is 0.801. The van der Waals surface area contributed by atoms with Crippen LogP contribution < -0.4 is 5.32 Å². The molecule has 124 valence electrons. The molecule has 0 bridgehead atoms. The van der Waals surface area contributed by atoms with E-state index >= 15 is 0 Å². The van der Waals surface area contributed by atoms with Gasteiger partial charge in [0.25, 0.3) is 0 Å². The van der Waals surface area contributed by atoms with Crippen molar-refractivity contribution in [1.29, 1.82) is 0 Å². The van der Waals surface area contributed by atoms with Crippen molar-refractivity contribution in [1.82, 2.24) is 14.3 Å². The van der Waals surface area contributed by atoms with Crippen molar-refractivity contribution in [3.05, 3.63) is 53.9 Å². The SMILES string of the molecule is CC(=O)Nc1cccc(-c2nc3ccc(C)cn3c2CN(C)C)c1. The molecule has 0 saturated heterocycles. The summed E-state index contributed by atoms with van der Waals surface area (Å²) in [4.78, 5) is 18.3. The first kappa shape index (κ1) is 16.2. The highest BCUT2D eigenvalue weighted by Gasteiger charge is 2.15. The molecule has 0 aliphatic rings. The van der Waals surface area contributed by atoms with Crippen LogP contribution in [0.1, 0.15) is 18.2 Å². The van der Waals surface area contributed by atoms with Crippen molar-refractivity contribution in [3.8, 4) is 11.3 Å². The van der Waals surface area contributed by atoms with E-state index in [4.69, 9.17) is 4.98 Å². The van der Waals surface area contributed by atoms with Gasteiger partial charge in [0, 0.05) is 30.9 Å². The van der Waals surface area contributed by atoms with Crippen LogP contribution >= 0.6 is 0 Å². The van der Waals surface area contributed by atoms with Crippen LogP contribution in [0.3, 0.4) is 0 Å². The summed E-state index contributed by atoms with van der Waals surface area (Å²) in [6.45, 7) is 4.37. The van der Waals surface area contributed by atoms with Crippen LogP contribution in [0, 0.1) is 6.92 Å². The zero-order valence-electron chi connectivity index (χ0n) is 14.5. The van der Waals surface area contributed by atoms with Crippen LogP contribution in [-0.4, -0.2) is 34.3 Å². The van der Waals surface area contributed by atoms with Crippen molar-refractivity contribution in [2.24, 2.45) is 0 Å². The van der Waals surface area contributed by atoms with Gasteiger partial charge < -0.3 is 14.6 Å². The van der Waals surface area contributed by atoms with Crippen LogP contribution in [0.4, 0.5) is 5.69 Å². The number of aryl methyl sites for hydroxylation is 1. The molecular formula is C19H22N4O. The summed E-state index contributed by atoms with van der Waals surface area (Å²) >= 11 is 0. The molecule has 2 aromatic heterocycles. The van der Waals surface area contributed by atoms with Crippen LogP contribution in [0.5, 0.6) is 0 Å². The Labute approximate surface area is 141 Å². The second-order valence-electron chi connectivity index (χ2n) is 6.34. The predicted molar refractivity (Wildman–Crippen MR) is 97.1 cm³/mol. The van der Waals surface area contributed by atoms with Gasteiger partial charge in [0.05, 0.1) is 11.4 Å². The summed E-state index contributed by atoms with van der Waals surface area (Å²) in [7, 11) is 4.10. The number of hydrogen-bond acceptors (Lipinski definition) is 3. The second-order valence-corrected chi connectivity index (χ2v) is 6.34. The van der Waals surface area contributed by atoms with E-state index in [-0.39, 0.29) is 5.91 Å². The van der Waals surface area contributed by atoms with Crippen molar-refractivity contribution in [2.45, 2.75) is 20.4 Å². The van der Waals surface area contributed by atoms with Gasteiger partial charge in [-0.25, -0.2) is 4.98 Å². The Hall–Kier alpha value is -2.66. The normalized spacial score (nSPS) is 11.2. The van der Waals surface area contributed by atoms with Crippen molar-refractivity contribution >= 4 is 17.2 Å². The number of nitrogens with one attached hydrogen (secondary N) is 1. The zero-order valence-corrected chi connectivity index (χ0v) is 14.5. The number of hydrogen-bond donors (Lipinski definition) is 1. The Kier molecular flexibility index (Phi) is 4.36. The van der Waals surface area contributed by atoms with Gasteiger partial charge in [-0.1, -0.05) is 18.2 Å². The number of imidazole rings is 1. The molecule has 0 unspecified atom stereocenters. The van der Waals surface area contributed by atoms with Gasteiger partial charge >= 0.3 is 0 Å². The number of carbonyl (C=O) groups is 1. The molecule has 0 fully saturated rings. The Morgan fingerprint density at radius 2 is 2.04 bits per heavy atom. The number of amides is 1. The molecule has 0 aliphatic heterocycles. The lowest BCUT2D eigenvalue weighted by Crippen LogP contribution is -2.13. The summed E-state index contributed by atoms with van der Waals surface area (Å²) in [6.07, 6.45) is 2.11. The fraction of sp³-hybridized carbons (Fsp3) is 0.263. The lowest BCUT2D eigenvalue weighted by molar-refractivity contribution is -0.114. The van der Waals surface area contributed by atoms with Crippen molar-refractivity contribution in [2.75, 3.05) is 19.4 Å². The largest absolute Gasteiger partial charge is 0.326 e. The fourth-order valence-corrected chi connectivity index (χ4v) is 2.83. The van der Waals surface area contributed by atoms with Crippen molar-refractivity contribution in [3.63, 3.8) is 0 Å². The number of anilines is 1. The third kappa shape index (κ3) is 3.31. The molecule has 5 nitrogen and oxygen atoms in total. The zero-order chi connectivity index (χ0) is 17.3. The average Bonchev–Trinajstić information content (AvgIpc) is 2.84. The van der Waals surface area contributed by atoms with Gasteiger partial charge in [-0.2, -0.15) is 0 Å². The minimum atomic E-state index is -0.0775. The molecule has 3 rings (SSSR count). The highest BCUT2D eigenvalue weighted by atomic mass is 16.1. The number of pyridine rings is 1. The molecule has 0 saturated carbocycles. The lowest BCUT2D eigenvalue weighted by Gasteiger charge is -2.12. The van der Waals surface area contributed by atoms with E-state index in [1.165, 1.54) is 12.5 Å². The van der Waals surface area contributed by atoms with Crippen LogP contribution in [-0.2, 0) is 11.3 Å². The van der Waals surface area contributed by atoms with E-state index in [1.54, 1.807) is 0 Å². The van der Waals surface area contributed by atoms with Gasteiger partial charge in [-0.3, -0.25) is 4.79 Å². The summed E-state index contributed by atoms with van der Waals surface area (Å²) < 4.78 is 2.15. The fourth-order valence-electron chi connectivity index (χ4n) is 2.83. The Balaban J connectivity index is 2.16. The second kappa shape index (κ2) is 6.45. The topological polar surface area (TPSA) is 49.6 Å². The number of fused-ring (bicyclic) bond motifs is 1. The maximum atomic E-state index is 11.3. The van der Waals surface area contributed by atoms with Gasteiger partial charge in [-0.05, 0) is 44.8 Å². The third-order valence-corrected chi connectivity index (χ3v) is 3.79. The summed E-state index contributed by atoms with van der Waals surface area (Å²) in [5, 5.41) is 2.83. The standard InChI is InChI=1S/C19H22N4O/c1-13-8-9-18-21-19(17(12-22(3)4)23(18)11-13)15-6-5-7-16(10-15)20-14(2)24/h5-11H,12H2,1-4H3,(H,20,24). The molecule has 1 amide bonds. The molecule has 2 heterocycles. The molecule has 1 N–H and O–H groups in total. The molecular weight excluding hydrogens is 300 g/mol. The number of carbonyl (C=O) groups excluding carboxylic acids is 1. The number of rotatable bonds is 4. The highest BCUT2D eigenvalue weighted by molar-refractivity contribution is 5.89. The van der Waals surface area contributed by atoms with Gasteiger partial charge in [0.1, 0.15) is 5.65 Å². The molecule has 0 radical (unpaired) electrons. The first-order valence-corrected chi connectivity index (χ1v) is 7.94. The highest BCUT2D eigenvalue weighted by Crippen LogP contribution is 2.27. The van der Waals surface area contributed by atoms with Crippen LogP contribution in [0.15, 0.2) is 42.6 Å². The summed E-state index contributed by atoms with van der Waals surface area (Å²) in [5.74, 6) is -0.0775. The van der Waals surface area contributed by atoms with Gasteiger partial charge in [0.15, 0.2) is 0 Å². The van der Waals surface area contributed by atoms with E-state index in [0.717, 1.165) is 34.8 Å². The summed E-state index contributed by atoms with van der Waals surface area (Å²) in [6, 6.07) is 11.9. The van der Waals surface area contributed by atoms with E-state index in [9.17, 15) is 4.79 Å². The van der Waals surface area contributed by atoms with Crippen LogP contribution in [0.2, 0.25) is 0 Å². The van der Waals surface area contributed by atoms with E-state index in [1.807, 2.05) is 44.4 Å². The van der Waals surface area contributed by atoms with Crippen molar-refractivity contribution < 1.29 is 4.79 Å². The maximum absolute atomic E-state index is 11.3. The van der Waals surface area contributed by atoms with E-state index in [2.05, 4.69) is 33.8 Å². The third-order valence-electron chi connectivity index (χ3n) is 3.79. The van der Waals surface area contributed by atoms with Gasteiger partial charge in [-0.15, -0.1) is 0 Å². The first-order chi connectivity index (χ1) is 11.4.